The molecule has 0 unspecified atom stereocenters. The molecule has 1 N–H and O–H groups in total. The van der Waals surface area contributed by atoms with Gasteiger partial charge in [0, 0.05) is 0 Å². The van der Waals surface area contributed by atoms with E-state index in [0.29, 0.717) is 5.41 Å². The van der Waals surface area contributed by atoms with Gasteiger partial charge in [0.1, 0.15) is 0 Å². The van der Waals surface area contributed by atoms with Crippen molar-refractivity contribution < 1.29 is 5.11 Å². The molecular weight excluding hydrogens is 172 g/mol. The van der Waals surface area contributed by atoms with E-state index in [-0.39, 0.29) is 6.10 Å². The zero-order valence-corrected chi connectivity index (χ0v) is 10.2. The van der Waals surface area contributed by atoms with Crippen LogP contribution in [0, 0.1) is 17.3 Å². The van der Waals surface area contributed by atoms with E-state index in [4.69, 9.17) is 0 Å². The Hall–Kier alpha value is -0.0400. The van der Waals surface area contributed by atoms with Crippen LogP contribution in [0.2, 0.25) is 0 Å². The number of hydrogen-bond donors (Lipinski definition) is 1. The van der Waals surface area contributed by atoms with Gasteiger partial charge in [0.15, 0.2) is 0 Å². The summed E-state index contributed by atoms with van der Waals surface area (Å²) in [6, 6.07) is 0. The molecule has 0 bridgehead atoms. The monoisotopic (exact) mass is 198 g/mol. The number of aliphatic hydroxyl groups is 1. The van der Waals surface area contributed by atoms with E-state index in [0.717, 1.165) is 24.7 Å². The molecule has 0 saturated heterocycles. The van der Waals surface area contributed by atoms with E-state index in [1.165, 1.54) is 19.3 Å². The lowest BCUT2D eigenvalue weighted by Gasteiger charge is -2.39. The number of hydrogen-bond acceptors (Lipinski definition) is 1. The average molecular weight is 198 g/mol. The molecule has 0 radical (unpaired) electrons. The fourth-order valence-corrected chi connectivity index (χ4v) is 3.08. The topological polar surface area (TPSA) is 20.2 Å². The van der Waals surface area contributed by atoms with Crippen LogP contribution in [0.3, 0.4) is 0 Å². The van der Waals surface area contributed by atoms with Gasteiger partial charge in [-0.05, 0) is 49.4 Å². The number of rotatable bonds is 3. The molecule has 1 aliphatic carbocycles. The summed E-state index contributed by atoms with van der Waals surface area (Å²) < 4.78 is 0. The molecule has 0 aliphatic heterocycles. The summed E-state index contributed by atoms with van der Waals surface area (Å²) >= 11 is 0. The first kappa shape index (κ1) is 12.0. The molecule has 14 heavy (non-hydrogen) atoms. The summed E-state index contributed by atoms with van der Waals surface area (Å²) in [4.78, 5) is 0. The zero-order chi connectivity index (χ0) is 10.8. The highest BCUT2D eigenvalue weighted by Gasteiger charge is 2.32. The minimum absolute atomic E-state index is 0.0129. The van der Waals surface area contributed by atoms with Crippen LogP contribution in [0.25, 0.3) is 0 Å². The first-order valence-electron chi connectivity index (χ1n) is 6.10. The van der Waals surface area contributed by atoms with Crippen LogP contribution >= 0.6 is 0 Å². The van der Waals surface area contributed by atoms with Crippen molar-refractivity contribution in [3.05, 3.63) is 0 Å². The van der Waals surface area contributed by atoms with Crippen LogP contribution in [0.1, 0.15) is 59.8 Å². The maximum absolute atomic E-state index is 9.47. The van der Waals surface area contributed by atoms with Gasteiger partial charge in [-0.3, -0.25) is 0 Å². The molecule has 84 valence electrons. The fourth-order valence-electron chi connectivity index (χ4n) is 3.08. The summed E-state index contributed by atoms with van der Waals surface area (Å²) in [6.45, 7) is 9.41. The van der Waals surface area contributed by atoms with Gasteiger partial charge >= 0.3 is 0 Å². The molecule has 0 aromatic heterocycles. The summed E-state index contributed by atoms with van der Waals surface area (Å²) in [5.41, 5.74) is 0.467. The van der Waals surface area contributed by atoms with Gasteiger partial charge in [0.2, 0.25) is 0 Å². The maximum atomic E-state index is 9.47. The molecule has 1 saturated carbocycles. The Bertz CT molecular complexity index is 164. The van der Waals surface area contributed by atoms with E-state index in [1.54, 1.807) is 0 Å². The first-order chi connectivity index (χ1) is 6.42. The molecule has 1 aliphatic rings. The van der Waals surface area contributed by atoms with Crippen molar-refractivity contribution in [3.8, 4) is 0 Å². The van der Waals surface area contributed by atoms with Crippen molar-refractivity contribution in [2.75, 3.05) is 0 Å². The van der Waals surface area contributed by atoms with E-state index >= 15 is 0 Å². The highest BCUT2D eigenvalue weighted by molar-refractivity contribution is 4.83. The zero-order valence-electron chi connectivity index (χ0n) is 10.2. The van der Waals surface area contributed by atoms with Crippen LogP contribution in [-0.2, 0) is 0 Å². The Morgan fingerprint density at radius 1 is 1.14 bits per heavy atom. The van der Waals surface area contributed by atoms with Crippen molar-refractivity contribution in [2.24, 2.45) is 17.3 Å². The molecule has 0 aromatic carbocycles. The van der Waals surface area contributed by atoms with Crippen LogP contribution < -0.4 is 0 Å². The standard InChI is InChI=1S/C13H26O/c1-10(2)9-13(3,4)11-5-7-12(14)8-6-11/h10-12,14H,5-9H2,1-4H3. The second-order valence-electron chi connectivity index (χ2n) is 6.09. The molecule has 1 heteroatoms. The van der Waals surface area contributed by atoms with Gasteiger partial charge in [-0.2, -0.15) is 0 Å². The van der Waals surface area contributed by atoms with Gasteiger partial charge in [-0.25, -0.2) is 0 Å². The van der Waals surface area contributed by atoms with Crippen molar-refractivity contribution in [1.29, 1.82) is 0 Å². The maximum Gasteiger partial charge on any atom is 0.0540 e. The van der Waals surface area contributed by atoms with Crippen LogP contribution in [0.5, 0.6) is 0 Å². The summed E-state index contributed by atoms with van der Waals surface area (Å²) in [5, 5.41) is 9.47. The SMILES string of the molecule is CC(C)CC(C)(C)C1CCC(O)CC1. The lowest BCUT2D eigenvalue weighted by Crippen LogP contribution is -2.31. The normalized spacial score (nSPS) is 29.6. The second kappa shape index (κ2) is 4.65. The number of aliphatic hydroxyl groups excluding tert-OH is 1. The van der Waals surface area contributed by atoms with Crippen LogP contribution in [-0.4, -0.2) is 11.2 Å². The Labute approximate surface area is 88.9 Å². The summed E-state index contributed by atoms with van der Waals surface area (Å²) in [5.74, 6) is 1.62. The van der Waals surface area contributed by atoms with Gasteiger partial charge in [-0.1, -0.05) is 27.7 Å². The molecule has 1 nitrogen and oxygen atoms in total. The Kier molecular flexibility index (Phi) is 4.00. The van der Waals surface area contributed by atoms with Crippen molar-refractivity contribution in [1.82, 2.24) is 0 Å². The Morgan fingerprint density at radius 2 is 1.64 bits per heavy atom. The summed E-state index contributed by atoms with van der Waals surface area (Å²) in [6.07, 6.45) is 5.79. The smallest absolute Gasteiger partial charge is 0.0540 e. The van der Waals surface area contributed by atoms with Crippen molar-refractivity contribution in [2.45, 2.75) is 65.9 Å². The first-order valence-corrected chi connectivity index (χ1v) is 6.10. The average Bonchev–Trinajstić information content (AvgIpc) is 2.02. The van der Waals surface area contributed by atoms with Crippen LogP contribution in [0.4, 0.5) is 0 Å². The van der Waals surface area contributed by atoms with E-state index in [1.807, 2.05) is 0 Å². The largest absolute Gasteiger partial charge is 0.393 e. The fraction of sp³-hybridized carbons (Fsp3) is 1.00. The van der Waals surface area contributed by atoms with E-state index in [2.05, 4.69) is 27.7 Å². The molecule has 1 fully saturated rings. The minimum atomic E-state index is -0.0129. The van der Waals surface area contributed by atoms with Gasteiger partial charge in [0.05, 0.1) is 6.10 Å². The highest BCUT2D eigenvalue weighted by atomic mass is 16.3. The third-order valence-corrected chi connectivity index (χ3v) is 3.74. The Morgan fingerprint density at radius 3 is 2.07 bits per heavy atom. The molecule has 1 rings (SSSR count). The molecular formula is C13H26O. The highest BCUT2D eigenvalue weighted by Crippen LogP contribution is 2.42. The lowest BCUT2D eigenvalue weighted by atomic mass is 9.67. The molecule has 0 heterocycles. The van der Waals surface area contributed by atoms with Gasteiger partial charge in [0.25, 0.3) is 0 Å². The minimum Gasteiger partial charge on any atom is -0.393 e. The molecule has 0 aromatic rings. The molecule has 0 atom stereocenters. The van der Waals surface area contributed by atoms with Crippen LogP contribution in [0.15, 0.2) is 0 Å². The van der Waals surface area contributed by atoms with E-state index in [9.17, 15) is 5.11 Å². The second-order valence-corrected chi connectivity index (χ2v) is 6.09. The third-order valence-electron chi connectivity index (χ3n) is 3.74. The molecule has 0 spiro atoms. The summed E-state index contributed by atoms with van der Waals surface area (Å²) in [7, 11) is 0. The van der Waals surface area contributed by atoms with Gasteiger partial charge in [-0.15, -0.1) is 0 Å². The van der Waals surface area contributed by atoms with Crippen molar-refractivity contribution in [3.63, 3.8) is 0 Å². The van der Waals surface area contributed by atoms with Crippen molar-refractivity contribution >= 4 is 0 Å². The Balaban J connectivity index is 2.46. The predicted molar refractivity (Wildman–Crippen MR) is 61.2 cm³/mol. The lowest BCUT2D eigenvalue weighted by molar-refractivity contribution is 0.0562. The quantitative estimate of drug-likeness (QED) is 0.734. The van der Waals surface area contributed by atoms with E-state index < -0.39 is 0 Å². The predicted octanol–water partition coefficient (Wildman–Crippen LogP) is 3.61. The molecule has 0 amide bonds. The van der Waals surface area contributed by atoms with Gasteiger partial charge < -0.3 is 5.11 Å². The third kappa shape index (κ3) is 3.27.